The van der Waals surface area contributed by atoms with E-state index in [2.05, 4.69) is 22.2 Å². The summed E-state index contributed by atoms with van der Waals surface area (Å²) in [6, 6.07) is 1.81. The van der Waals surface area contributed by atoms with Gasteiger partial charge in [-0.05, 0) is 32.5 Å². The third-order valence-corrected chi connectivity index (χ3v) is 3.58. The molecule has 1 N–H and O–H groups in total. The van der Waals surface area contributed by atoms with Crippen LogP contribution >= 0.6 is 0 Å². The van der Waals surface area contributed by atoms with Crippen LogP contribution in [0.3, 0.4) is 0 Å². The lowest BCUT2D eigenvalue weighted by molar-refractivity contribution is 0.347. The van der Waals surface area contributed by atoms with E-state index in [1.807, 2.05) is 6.07 Å². The molecule has 1 aromatic heterocycles. The average Bonchev–Trinajstić information content (AvgIpc) is 2.84. The molecule has 106 valence electrons. The van der Waals surface area contributed by atoms with Crippen molar-refractivity contribution in [3.63, 3.8) is 0 Å². The van der Waals surface area contributed by atoms with E-state index in [1.54, 1.807) is 20.4 Å². The Balaban J connectivity index is 1.88. The van der Waals surface area contributed by atoms with Crippen molar-refractivity contribution >= 4 is 0 Å². The second-order valence-electron chi connectivity index (χ2n) is 5.04. The van der Waals surface area contributed by atoms with E-state index in [1.165, 1.54) is 19.5 Å². The standard InChI is InChI=1S/C14H23N3O2/c1-17-7-5-11(10-17)8-15-9-12-14(19-3)13(18-2)4-6-16-12/h4,6,11,15H,5,7-10H2,1-3H3. The van der Waals surface area contributed by atoms with Gasteiger partial charge < -0.3 is 19.7 Å². The SMILES string of the molecule is COc1ccnc(CNCC2CCN(C)C2)c1OC. The molecule has 0 aromatic carbocycles. The fourth-order valence-electron chi connectivity index (χ4n) is 2.56. The lowest BCUT2D eigenvalue weighted by Crippen LogP contribution is -2.25. The molecule has 1 atom stereocenters. The van der Waals surface area contributed by atoms with Gasteiger partial charge in [-0.3, -0.25) is 4.98 Å². The Morgan fingerprint density at radius 3 is 2.89 bits per heavy atom. The molecule has 1 aromatic rings. The maximum absolute atomic E-state index is 5.37. The number of likely N-dealkylation sites (tertiary alicyclic amines) is 1. The highest BCUT2D eigenvalue weighted by molar-refractivity contribution is 5.42. The zero-order valence-electron chi connectivity index (χ0n) is 12.0. The molecule has 1 saturated heterocycles. The van der Waals surface area contributed by atoms with E-state index in [0.29, 0.717) is 6.54 Å². The molecule has 2 rings (SSSR count). The van der Waals surface area contributed by atoms with Crippen LogP contribution in [0.15, 0.2) is 12.3 Å². The van der Waals surface area contributed by atoms with Gasteiger partial charge in [-0.25, -0.2) is 0 Å². The first-order valence-electron chi connectivity index (χ1n) is 6.69. The molecule has 5 heteroatoms. The predicted molar refractivity (Wildman–Crippen MR) is 74.7 cm³/mol. The molecule has 1 fully saturated rings. The van der Waals surface area contributed by atoms with Gasteiger partial charge in [-0.1, -0.05) is 0 Å². The number of pyridine rings is 1. The van der Waals surface area contributed by atoms with Crippen molar-refractivity contribution in [3.05, 3.63) is 18.0 Å². The normalized spacial score (nSPS) is 19.6. The van der Waals surface area contributed by atoms with Gasteiger partial charge in [0.15, 0.2) is 11.5 Å². The summed E-state index contributed by atoms with van der Waals surface area (Å²) in [6.07, 6.45) is 3.02. The zero-order valence-corrected chi connectivity index (χ0v) is 12.0. The Hall–Kier alpha value is -1.33. The summed E-state index contributed by atoms with van der Waals surface area (Å²) in [5.74, 6) is 2.19. The number of nitrogens with one attached hydrogen (secondary N) is 1. The van der Waals surface area contributed by atoms with Gasteiger partial charge in [0.2, 0.25) is 0 Å². The van der Waals surface area contributed by atoms with Crippen molar-refractivity contribution in [1.82, 2.24) is 15.2 Å². The summed E-state index contributed by atoms with van der Waals surface area (Å²) in [6.45, 7) is 4.11. The highest BCUT2D eigenvalue weighted by atomic mass is 16.5. The Kier molecular flexibility index (Phi) is 4.99. The second-order valence-corrected chi connectivity index (χ2v) is 5.04. The van der Waals surface area contributed by atoms with E-state index >= 15 is 0 Å². The molecule has 2 heterocycles. The van der Waals surface area contributed by atoms with E-state index in [9.17, 15) is 0 Å². The monoisotopic (exact) mass is 265 g/mol. The number of ether oxygens (including phenoxy) is 2. The number of rotatable bonds is 6. The summed E-state index contributed by atoms with van der Waals surface area (Å²) in [4.78, 5) is 6.73. The molecule has 1 aliphatic rings. The van der Waals surface area contributed by atoms with Crippen molar-refractivity contribution in [2.24, 2.45) is 5.92 Å². The smallest absolute Gasteiger partial charge is 0.183 e. The Morgan fingerprint density at radius 1 is 1.42 bits per heavy atom. The summed E-state index contributed by atoms with van der Waals surface area (Å²) in [5, 5.41) is 3.47. The van der Waals surface area contributed by atoms with E-state index in [-0.39, 0.29) is 0 Å². The average molecular weight is 265 g/mol. The molecule has 0 amide bonds. The molecule has 1 unspecified atom stereocenters. The highest BCUT2D eigenvalue weighted by Gasteiger charge is 2.19. The van der Waals surface area contributed by atoms with E-state index in [0.717, 1.165) is 29.7 Å². The molecular formula is C14H23N3O2. The molecular weight excluding hydrogens is 242 g/mol. The lowest BCUT2D eigenvalue weighted by Gasteiger charge is -2.14. The van der Waals surface area contributed by atoms with Crippen LogP contribution in [0.25, 0.3) is 0 Å². The molecule has 1 aliphatic heterocycles. The fourth-order valence-corrected chi connectivity index (χ4v) is 2.56. The van der Waals surface area contributed by atoms with Crippen molar-refractivity contribution < 1.29 is 9.47 Å². The van der Waals surface area contributed by atoms with Gasteiger partial charge in [-0.15, -0.1) is 0 Å². The first-order valence-corrected chi connectivity index (χ1v) is 6.69. The Labute approximate surface area is 114 Å². The third kappa shape index (κ3) is 3.58. The van der Waals surface area contributed by atoms with Crippen LogP contribution in [0.2, 0.25) is 0 Å². The number of nitrogens with zero attached hydrogens (tertiary/aromatic N) is 2. The minimum absolute atomic E-state index is 0.709. The number of methoxy groups -OCH3 is 2. The van der Waals surface area contributed by atoms with Gasteiger partial charge in [0.25, 0.3) is 0 Å². The molecule has 0 aliphatic carbocycles. The van der Waals surface area contributed by atoms with Crippen LogP contribution in [0.4, 0.5) is 0 Å². The molecule has 0 spiro atoms. The van der Waals surface area contributed by atoms with Crippen LogP contribution in [0.5, 0.6) is 11.5 Å². The fraction of sp³-hybridized carbons (Fsp3) is 0.643. The summed E-state index contributed by atoms with van der Waals surface area (Å²) >= 11 is 0. The molecule has 0 radical (unpaired) electrons. The maximum Gasteiger partial charge on any atom is 0.183 e. The molecule has 0 bridgehead atoms. The van der Waals surface area contributed by atoms with Crippen molar-refractivity contribution in [1.29, 1.82) is 0 Å². The van der Waals surface area contributed by atoms with Crippen LogP contribution in [0, 0.1) is 5.92 Å². The van der Waals surface area contributed by atoms with E-state index < -0.39 is 0 Å². The summed E-state index contributed by atoms with van der Waals surface area (Å²) in [5.41, 5.74) is 0.896. The third-order valence-electron chi connectivity index (χ3n) is 3.58. The van der Waals surface area contributed by atoms with Crippen molar-refractivity contribution in [2.45, 2.75) is 13.0 Å². The number of aromatic nitrogens is 1. The molecule has 0 saturated carbocycles. The van der Waals surface area contributed by atoms with Crippen molar-refractivity contribution in [2.75, 3.05) is 40.9 Å². The Morgan fingerprint density at radius 2 is 2.26 bits per heavy atom. The quantitative estimate of drug-likeness (QED) is 0.836. The van der Waals surface area contributed by atoms with Crippen LogP contribution in [-0.2, 0) is 6.54 Å². The van der Waals surface area contributed by atoms with Crippen LogP contribution in [-0.4, -0.2) is 50.8 Å². The van der Waals surface area contributed by atoms with Gasteiger partial charge in [0.1, 0.15) is 0 Å². The largest absolute Gasteiger partial charge is 0.493 e. The first kappa shape index (κ1) is 14.1. The number of hydrogen-bond acceptors (Lipinski definition) is 5. The molecule has 5 nitrogen and oxygen atoms in total. The topological polar surface area (TPSA) is 46.6 Å². The van der Waals surface area contributed by atoms with Crippen molar-refractivity contribution in [3.8, 4) is 11.5 Å². The van der Waals surface area contributed by atoms with Gasteiger partial charge in [0.05, 0.1) is 19.9 Å². The minimum atomic E-state index is 0.709. The minimum Gasteiger partial charge on any atom is -0.493 e. The zero-order chi connectivity index (χ0) is 13.7. The van der Waals surface area contributed by atoms with Crippen LogP contribution < -0.4 is 14.8 Å². The summed E-state index contributed by atoms with van der Waals surface area (Å²) in [7, 11) is 5.46. The molecule has 19 heavy (non-hydrogen) atoms. The maximum atomic E-state index is 5.37. The van der Waals surface area contributed by atoms with Gasteiger partial charge >= 0.3 is 0 Å². The first-order chi connectivity index (χ1) is 9.24. The lowest BCUT2D eigenvalue weighted by atomic mass is 10.1. The van der Waals surface area contributed by atoms with Gasteiger partial charge in [-0.2, -0.15) is 0 Å². The van der Waals surface area contributed by atoms with Gasteiger partial charge in [0, 0.05) is 25.4 Å². The highest BCUT2D eigenvalue weighted by Crippen LogP contribution is 2.28. The number of hydrogen-bond donors (Lipinski definition) is 1. The predicted octanol–water partition coefficient (Wildman–Crippen LogP) is 1.14. The van der Waals surface area contributed by atoms with Crippen LogP contribution in [0.1, 0.15) is 12.1 Å². The van der Waals surface area contributed by atoms with E-state index in [4.69, 9.17) is 9.47 Å². The summed E-state index contributed by atoms with van der Waals surface area (Å²) < 4.78 is 10.6. The second kappa shape index (κ2) is 6.73. The Bertz CT molecular complexity index is 412.